The second kappa shape index (κ2) is 4.83. The summed E-state index contributed by atoms with van der Waals surface area (Å²) in [6.45, 7) is 3.77. The van der Waals surface area contributed by atoms with E-state index in [0.29, 0.717) is 0 Å². The standard InChI is InChI=1S/C12H13N3O2S/c1-7-3-4-9(15(16)17)5-10(7)12-14-11(6-18-12)8(2)13/h3-6,8H,13H2,1-2H3. The number of benzene rings is 1. The van der Waals surface area contributed by atoms with E-state index >= 15 is 0 Å². The largest absolute Gasteiger partial charge is 0.323 e. The van der Waals surface area contributed by atoms with Crippen LogP contribution in [0.4, 0.5) is 5.69 Å². The molecule has 18 heavy (non-hydrogen) atoms. The number of hydrogen-bond donors (Lipinski definition) is 1. The highest BCUT2D eigenvalue weighted by Gasteiger charge is 2.14. The lowest BCUT2D eigenvalue weighted by atomic mass is 10.1. The maximum atomic E-state index is 10.8. The number of aryl methyl sites for hydroxylation is 1. The average molecular weight is 263 g/mol. The molecule has 1 heterocycles. The van der Waals surface area contributed by atoms with Crippen molar-refractivity contribution in [1.29, 1.82) is 0 Å². The van der Waals surface area contributed by atoms with E-state index in [9.17, 15) is 10.1 Å². The minimum absolute atomic E-state index is 0.0770. The molecule has 0 aliphatic rings. The number of rotatable bonds is 3. The van der Waals surface area contributed by atoms with Crippen LogP contribution in [0.3, 0.4) is 0 Å². The van der Waals surface area contributed by atoms with Gasteiger partial charge in [-0.2, -0.15) is 0 Å². The van der Waals surface area contributed by atoms with Gasteiger partial charge < -0.3 is 5.73 Å². The van der Waals surface area contributed by atoms with E-state index in [-0.39, 0.29) is 11.7 Å². The number of nitrogens with two attached hydrogens (primary N) is 1. The molecule has 5 nitrogen and oxygen atoms in total. The van der Waals surface area contributed by atoms with Gasteiger partial charge in [0.1, 0.15) is 5.01 Å². The molecule has 2 rings (SSSR count). The number of hydrogen-bond acceptors (Lipinski definition) is 5. The quantitative estimate of drug-likeness (QED) is 0.681. The Morgan fingerprint density at radius 3 is 2.78 bits per heavy atom. The van der Waals surface area contributed by atoms with Crippen LogP contribution in [0.1, 0.15) is 24.2 Å². The fraction of sp³-hybridized carbons (Fsp3) is 0.250. The van der Waals surface area contributed by atoms with E-state index in [1.807, 2.05) is 19.2 Å². The van der Waals surface area contributed by atoms with Gasteiger partial charge in [0.2, 0.25) is 0 Å². The van der Waals surface area contributed by atoms with E-state index in [2.05, 4.69) is 4.98 Å². The Morgan fingerprint density at radius 2 is 2.22 bits per heavy atom. The summed E-state index contributed by atoms with van der Waals surface area (Å²) < 4.78 is 0. The molecule has 1 aromatic heterocycles. The lowest BCUT2D eigenvalue weighted by Crippen LogP contribution is -2.04. The van der Waals surface area contributed by atoms with Crippen LogP contribution < -0.4 is 5.73 Å². The van der Waals surface area contributed by atoms with Crippen LogP contribution in [0.2, 0.25) is 0 Å². The molecular formula is C12H13N3O2S. The Labute approximate surface area is 108 Å². The molecule has 94 valence electrons. The third-order valence-electron chi connectivity index (χ3n) is 2.65. The summed E-state index contributed by atoms with van der Waals surface area (Å²) in [5.41, 5.74) is 8.40. The first-order chi connectivity index (χ1) is 8.49. The third kappa shape index (κ3) is 2.39. The van der Waals surface area contributed by atoms with Crippen molar-refractivity contribution in [2.24, 2.45) is 5.73 Å². The van der Waals surface area contributed by atoms with Gasteiger partial charge in [0.25, 0.3) is 5.69 Å². The first-order valence-electron chi connectivity index (χ1n) is 5.45. The molecule has 1 aromatic carbocycles. The molecule has 1 unspecified atom stereocenters. The van der Waals surface area contributed by atoms with Gasteiger partial charge in [-0.3, -0.25) is 10.1 Å². The van der Waals surface area contributed by atoms with Gasteiger partial charge in [-0.05, 0) is 19.4 Å². The fourth-order valence-corrected chi connectivity index (χ4v) is 2.58. The van der Waals surface area contributed by atoms with Crippen molar-refractivity contribution >= 4 is 17.0 Å². The fourth-order valence-electron chi connectivity index (χ4n) is 1.57. The Balaban J connectivity index is 2.48. The zero-order valence-corrected chi connectivity index (χ0v) is 10.9. The topological polar surface area (TPSA) is 82.0 Å². The van der Waals surface area contributed by atoms with E-state index in [1.165, 1.54) is 17.4 Å². The first-order valence-corrected chi connectivity index (χ1v) is 6.33. The van der Waals surface area contributed by atoms with Crippen LogP contribution in [0.5, 0.6) is 0 Å². The van der Waals surface area contributed by atoms with Crippen LogP contribution in [0, 0.1) is 17.0 Å². The smallest absolute Gasteiger partial charge is 0.270 e. The number of nitro benzene ring substituents is 1. The maximum Gasteiger partial charge on any atom is 0.270 e. The molecule has 0 aliphatic carbocycles. The predicted molar refractivity (Wildman–Crippen MR) is 71.5 cm³/mol. The van der Waals surface area contributed by atoms with E-state index in [4.69, 9.17) is 5.73 Å². The van der Waals surface area contributed by atoms with Crippen molar-refractivity contribution in [1.82, 2.24) is 4.98 Å². The molecule has 0 bridgehead atoms. The number of nitrogens with zero attached hydrogens (tertiary/aromatic N) is 2. The molecule has 2 aromatic rings. The van der Waals surface area contributed by atoms with E-state index in [0.717, 1.165) is 21.8 Å². The molecule has 0 aliphatic heterocycles. The van der Waals surface area contributed by atoms with Gasteiger partial charge in [-0.25, -0.2) is 4.98 Å². The monoisotopic (exact) mass is 263 g/mol. The average Bonchev–Trinajstić information content (AvgIpc) is 2.78. The van der Waals surface area contributed by atoms with Gasteiger partial charge in [-0.15, -0.1) is 11.3 Å². The number of non-ortho nitro benzene ring substituents is 1. The minimum Gasteiger partial charge on any atom is -0.323 e. The predicted octanol–water partition coefficient (Wildman–Crippen LogP) is 3.05. The highest BCUT2D eigenvalue weighted by molar-refractivity contribution is 7.13. The summed E-state index contributed by atoms with van der Waals surface area (Å²) in [4.78, 5) is 14.8. The highest BCUT2D eigenvalue weighted by Crippen LogP contribution is 2.30. The normalized spacial score (nSPS) is 12.4. The molecular weight excluding hydrogens is 250 g/mol. The molecule has 6 heteroatoms. The van der Waals surface area contributed by atoms with Crippen molar-refractivity contribution in [2.45, 2.75) is 19.9 Å². The Morgan fingerprint density at radius 1 is 1.50 bits per heavy atom. The maximum absolute atomic E-state index is 10.8. The molecule has 0 saturated carbocycles. The summed E-state index contributed by atoms with van der Waals surface area (Å²) in [6.07, 6.45) is 0. The number of nitro groups is 1. The SMILES string of the molecule is Cc1ccc([N+](=O)[O-])cc1-c1nc(C(C)N)cs1. The molecule has 0 spiro atoms. The van der Waals surface area contributed by atoms with Crippen LogP contribution in [0.25, 0.3) is 10.6 Å². The van der Waals surface area contributed by atoms with E-state index in [1.54, 1.807) is 12.1 Å². The van der Waals surface area contributed by atoms with Gasteiger partial charge in [-0.1, -0.05) is 6.07 Å². The Hall–Kier alpha value is -1.79. The number of thiazole rings is 1. The van der Waals surface area contributed by atoms with Gasteiger partial charge in [0.15, 0.2) is 0 Å². The molecule has 2 N–H and O–H groups in total. The van der Waals surface area contributed by atoms with Gasteiger partial charge in [0, 0.05) is 29.1 Å². The summed E-state index contributed by atoms with van der Waals surface area (Å²) in [6, 6.07) is 4.66. The second-order valence-corrected chi connectivity index (χ2v) is 4.98. The summed E-state index contributed by atoms with van der Waals surface area (Å²) in [5.74, 6) is 0. The zero-order valence-electron chi connectivity index (χ0n) is 10.1. The minimum atomic E-state index is -0.400. The van der Waals surface area contributed by atoms with Crippen molar-refractivity contribution in [3.63, 3.8) is 0 Å². The molecule has 0 amide bonds. The second-order valence-electron chi connectivity index (χ2n) is 4.12. The van der Waals surface area contributed by atoms with Gasteiger partial charge >= 0.3 is 0 Å². The van der Waals surface area contributed by atoms with Crippen LogP contribution in [-0.2, 0) is 0 Å². The van der Waals surface area contributed by atoms with E-state index < -0.39 is 4.92 Å². The number of aromatic nitrogens is 1. The Bertz CT molecular complexity index is 593. The third-order valence-corrected chi connectivity index (χ3v) is 3.54. The van der Waals surface area contributed by atoms with Crippen molar-refractivity contribution in [3.8, 4) is 10.6 Å². The lowest BCUT2D eigenvalue weighted by Gasteiger charge is -2.02. The van der Waals surface area contributed by atoms with Crippen molar-refractivity contribution < 1.29 is 4.92 Å². The molecule has 0 radical (unpaired) electrons. The van der Waals surface area contributed by atoms with Crippen LogP contribution >= 0.6 is 11.3 Å². The highest BCUT2D eigenvalue weighted by atomic mass is 32.1. The summed E-state index contributed by atoms with van der Waals surface area (Å²) in [5, 5.41) is 13.4. The molecule has 0 saturated heterocycles. The lowest BCUT2D eigenvalue weighted by molar-refractivity contribution is -0.384. The zero-order chi connectivity index (χ0) is 13.3. The molecule has 0 fully saturated rings. The van der Waals surface area contributed by atoms with Crippen molar-refractivity contribution in [3.05, 3.63) is 45.0 Å². The Kier molecular flexibility index (Phi) is 3.40. The summed E-state index contributed by atoms with van der Waals surface area (Å²) in [7, 11) is 0. The summed E-state index contributed by atoms with van der Waals surface area (Å²) >= 11 is 1.45. The van der Waals surface area contributed by atoms with Crippen LogP contribution in [0.15, 0.2) is 23.6 Å². The van der Waals surface area contributed by atoms with Gasteiger partial charge in [0.05, 0.1) is 10.6 Å². The molecule has 1 atom stereocenters. The van der Waals surface area contributed by atoms with Crippen LogP contribution in [-0.4, -0.2) is 9.91 Å². The first kappa shape index (κ1) is 12.7. The van der Waals surface area contributed by atoms with Crippen molar-refractivity contribution in [2.75, 3.05) is 0 Å².